The highest BCUT2D eigenvalue weighted by Gasteiger charge is 2.19. The van der Waals surface area contributed by atoms with Crippen molar-refractivity contribution in [3.63, 3.8) is 0 Å². The van der Waals surface area contributed by atoms with E-state index in [-0.39, 0.29) is 5.56 Å². The minimum absolute atomic E-state index is 0.0154. The Bertz CT molecular complexity index is 1540. The summed E-state index contributed by atoms with van der Waals surface area (Å²) in [5, 5.41) is 1.67. The zero-order valence-corrected chi connectivity index (χ0v) is 15.0. The van der Waals surface area contributed by atoms with Gasteiger partial charge in [0.1, 0.15) is 4.83 Å². The highest BCUT2D eigenvalue weighted by atomic mass is 32.1. The normalized spacial score (nSPS) is 11.9. The van der Waals surface area contributed by atoms with Gasteiger partial charge in [-0.3, -0.25) is 9.36 Å². The monoisotopic (exact) mass is 367 g/mol. The molecule has 0 aliphatic heterocycles. The number of aromatic nitrogens is 3. The van der Waals surface area contributed by atoms with Gasteiger partial charge >= 0.3 is 0 Å². The van der Waals surface area contributed by atoms with Crippen LogP contribution in [0.4, 0.5) is 0 Å². The van der Waals surface area contributed by atoms with Crippen molar-refractivity contribution < 1.29 is 0 Å². The molecule has 3 heterocycles. The van der Waals surface area contributed by atoms with Gasteiger partial charge in [-0.05, 0) is 30.3 Å². The Hall–Kier alpha value is -3.44. The molecule has 0 aliphatic rings. The highest BCUT2D eigenvalue weighted by molar-refractivity contribution is 7.25. The van der Waals surface area contributed by atoms with Crippen LogP contribution in [0.15, 0.2) is 83.7 Å². The molecular weight excluding hydrogens is 354 g/mol. The molecule has 27 heavy (non-hydrogen) atoms. The van der Waals surface area contributed by atoms with Crippen molar-refractivity contribution in [1.29, 1.82) is 0 Å². The summed E-state index contributed by atoms with van der Waals surface area (Å²) >= 11 is 1.57. The quantitative estimate of drug-likeness (QED) is 0.410. The second kappa shape index (κ2) is 5.28. The van der Waals surface area contributed by atoms with Crippen LogP contribution in [-0.2, 0) is 0 Å². The van der Waals surface area contributed by atoms with Crippen molar-refractivity contribution in [2.24, 2.45) is 0 Å². The summed E-state index contributed by atoms with van der Waals surface area (Å²) in [6, 6.07) is 26.0. The molecular formula is C22H13N3OS. The van der Waals surface area contributed by atoms with E-state index >= 15 is 0 Å². The SMILES string of the molecule is O=c1c2c(nc3n(-c4ccccc4)c4ccccc4n13)sc1ccccc12. The summed E-state index contributed by atoms with van der Waals surface area (Å²) in [6.45, 7) is 0. The number of hydrogen-bond acceptors (Lipinski definition) is 3. The van der Waals surface area contributed by atoms with Crippen LogP contribution in [0.25, 0.3) is 42.8 Å². The van der Waals surface area contributed by atoms with Gasteiger partial charge < -0.3 is 0 Å². The fourth-order valence-electron chi connectivity index (χ4n) is 3.81. The summed E-state index contributed by atoms with van der Waals surface area (Å²) in [7, 11) is 0. The lowest BCUT2D eigenvalue weighted by molar-refractivity contribution is 1.05. The van der Waals surface area contributed by atoms with Gasteiger partial charge in [0.05, 0.1) is 16.4 Å². The maximum atomic E-state index is 13.5. The fraction of sp³-hybridized carbons (Fsp3) is 0. The summed E-state index contributed by atoms with van der Waals surface area (Å²) in [6.07, 6.45) is 0. The molecule has 0 radical (unpaired) electrons. The predicted octanol–water partition coefficient (Wildman–Crippen LogP) is 5.01. The first-order valence-corrected chi connectivity index (χ1v) is 9.53. The molecule has 0 atom stereocenters. The van der Waals surface area contributed by atoms with E-state index in [9.17, 15) is 4.79 Å². The van der Waals surface area contributed by atoms with E-state index < -0.39 is 0 Å². The average Bonchev–Trinajstić information content (AvgIpc) is 3.24. The van der Waals surface area contributed by atoms with Crippen LogP contribution >= 0.6 is 11.3 Å². The molecule has 3 aromatic heterocycles. The van der Waals surface area contributed by atoms with E-state index in [1.54, 1.807) is 15.7 Å². The Balaban J connectivity index is 1.91. The van der Waals surface area contributed by atoms with Crippen molar-refractivity contribution in [2.75, 3.05) is 0 Å². The predicted molar refractivity (Wildman–Crippen MR) is 111 cm³/mol. The van der Waals surface area contributed by atoms with Crippen LogP contribution < -0.4 is 5.56 Å². The molecule has 0 N–H and O–H groups in total. The molecule has 0 saturated carbocycles. The molecule has 0 spiro atoms. The fourth-order valence-corrected chi connectivity index (χ4v) is 4.87. The summed E-state index contributed by atoms with van der Waals surface area (Å²) < 4.78 is 4.88. The van der Waals surface area contributed by atoms with E-state index in [0.29, 0.717) is 11.2 Å². The molecule has 0 aliphatic carbocycles. The number of imidazole rings is 1. The molecule has 0 bridgehead atoms. The molecule has 6 aromatic rings. The number of hydrogen-bond donors (Lipinski definition) is 0. The first-order chi connectivity index (χ1) is 13.3. The van der Waals surface area contributed by atoms with Crippen molar-refractivity contribution in [2.45, 2.75) is 0 Å². The van der Waals surface area contributed by atoms with Crippen molar-refractivity contribution in [1.82, 2.24) is 14.0 Å². The average molecular weight is 367 g/mol. The molecule has 128 valence electrons. The minimum atomic E-state index is -0.0154. The van der Waals surface area contributed by atoms with E-state index in [1.165, 1.54) is 0 Å². The van der Waals surface area contributed by atoms with Crippen LogP contribution in [0.3, 0.4) is 0 Å². The molecule has 5 heteroatoms. The molecule has 0 unspecified atom stereocenters. The first-order valence-electron chi connectivity index (χ1n) is 8.72. The van der Waals surface area contributed by atoms with Crippen LogP contribution in [0.5, 0.6) is 0 Å². The Labute approximate surface area is 157 Å². The lowest BCUT2D eigenvalue weighted by Crippen LogP contribution is -2.14. The van der Waals surface area contributed by atoms with Gasteiger partial charge in [0.2, 0.25) is 5.78 Å². The van der Waals surface area contributed by atoms with Gasteiger partial charge in [-0.15, -0.1) is 11.3 Å². The van der Waals surface area contributed by atoms with E-state index in [0.717, 1.165) is 31.6 Å². The smallest absolute Gasteiger partial charge is 0.268 e. The number of benzene rings is 3. The van der Waals surface area contributed by atoms with Crippen molar-refractivity contribution in [3.05, 3.63) is 89.2 Å². The zero-order chi connectivity index (χ0) is 18.0. The highest BCUT2D eigenvalue weighted by Crippen LogP contribution is 2.32. The summed E-state index contributed by atoms with van der Waals surface area (Å²) in [5.74, 6) is 0.645. The minimum Gasteiger partial charge on any atom is -0.278 e. The van der Waals surface area contributed by atoms with Crippen molar-refractivity contribution >= 4 is 48.5 Å². The Morgan fingerprint density at radius 2 is 1.48 bits per heavy atom. The van der Waals surface area contributed by atoms with Gasteiger partial charge in [-0.25, -0.2) is 9.38 Å². The largest absolute Gasteiger partial charge is 0.278 e. The van der Waals surface area contributed by atoms with Crippen LogP contribution in [0, 0.1) is 0 Å². The Morgan fingerprint density at radius 3 is 2.33 bits per heavy atom. The Kier molecular flexibility index (Phi) is 2.88. The van der Waals surface area contributed by atoms with E-state index in [4.69, 9.17) is 4.98 Å². The third kappa shape index (κ3) is 1.92. The van der Waals surface area contributed by atoms with Crippen LogP contribution in [0.2, 0.25) is 0 Å². The van der Waals surface area contributed by atoms with E-state index in [2.05, 4.69) is 4.57 Å². The van der Waals surface area contributed by atoms with Gasteiger partial charge in [0.25, 0.3) is 5.56 Å². The van der Waals surface area contributed by atoms with E-state index in [1.807, 2.05) is 78.9 Å². The van der Waals surface area contributed by atoms with Gasteiger partial charge in [0.15, 0.2) is 0 Å². The van der Waals surface area contributed by atoms with Crippen LogP contribution in [-0.4, -0.2) is 14.0 Å². The lowest BCUT2D eigenvalue weighted by Gasteiger charge is -2.05. The lowest BCUT2D eigenvalue weighted by atomic mass is 10.2. The zero-order valence-electron chi connectivity index (χ0n) is 14.2. The third-order valence-electron chi connectivity index (χ3n) is 4.97. The van der Waals surface area contributed by atoms with Crippen molar-refractivity contribution in [3.8, 4) is 5.69 Å². The second-order valence-corrected chi connectivity index (χ2v) is 7.52. The molecule has 0 amide bonds. The number of para-hydroxylation sites is 3. The number of rotatable bonds is 1. The number of nitrogens with zero attached hydrogens (tertiary/aromatic N) is 3. The first kappa shape index (κ1) is 14.7. The van der Waals surface area contributed by atoms with Crippen LogP contribution in [0.1, 0.15) is 0 Å². The van der Waals surface area contributed by atoms with Gasteiger partial charge in [-0.2, -0.15) is 0 Å². The summed E-state index contributed by atoms with van der Waals surface area (Å²) in [5.41, 5.74) is 2.81. The standard InChI is InChI=1S/C22H13N3OS/c26-21-19-15-10-4-7-13-18(15)27-20(19)23-22-24(14-8-2-1-3-9-14)16-11-5-6-12-17(16)25(21)22/h1-13H. The maximum Gasteiger partial charge on any atom is 0.268 e. The Morgan fingerprint density at radius 1 is 0.778 bits per heavy atom. The van der Waals surface area contributed by atoms with Gasteiger partial charge in [0, 0.05) is 15.8 Å². The molecule has 0 saturated heterocycles. The second-order valence-electron chi connectivity index (χ2n) is 6.49. The molecule has 6 rings (SSSR count). The summed E-state index contributed by atoms with van der Waals surface area (Å²) in [4.78, 5) is 19.3. The topological polar surface area (TPSA) is 39.3 Å². The molecule has 3 aromatic carbocycles. The number of thiophene rings is 1. The molecule has 4 nitrogen and oxygen atoms in total. The van der Waals surface area contributed by atoms with Gasteiger partial charge in [-0.1, -0.05) is 48.5 Å². The number of fused-ring (bicyclic) bond motifs is 6. The molecule has 0 fully saturated rings. The third-order valence-corrected chi connectivity index (χ3v) is 6.04. The maximum absolute atomic E-state index is 13.5.